The van der Waals surface area contributed by atoms with Crippen LogP contribution in [0.1, 0.15) is 10.4 Å². The summed E-state index contributed by atoms with van der Waals surface area (Å²) in [5, 5.41) is 11.4. The molecule has 3 rings (SSSR count). The predicted molar refractivity (Wildman–Crippen MR) is 95.4 cm³/mol. The number of hydrogen-bond acceptors (Lipinski definition) is 6. The fourth-order valence-corrected chi connectivity index (χ4v) is 3.28. The molecule has 0 amide bonds. The molecule has 0 spiro atoms. The molecule has 0 bridgehead atoms. The van der Waals surface area contributed by atoms with E-state index < -0.39 is 4.92 Å². The monoisotopic (exact) mass is 357 g/mol. The fraction of sp³-hybridized carbons (Fsp3) is 0.176. The quantitative estimate of drug-likeness (QED) is 0.290. The Bertz CT molecular complexity index is 950. The molecule has 0 saturated heterocycles. The molecule has 1 heterocycles. The highest BCUT2D eigenvalue weighted by molar-refractivity contribution is 7.99. The van der Waals surface area contributed by atoms with Crippen molar-refractivity contribution in [2.75, 3.05) is 12.9 Å². The third-order valence-electron chi connectivity index (χ3n) is 3.78. The van der Waals surface area contributed by atoms with Crippen LogP contribution in [0.4, 0.5) is 5.69 Å². The first-order chi connectivity index (χ1) is 12.0. The third kappa shape index (κ3) is 3.48. The Labute approximate surface area is 147 Å². The Hall–Kier alpha value is -2.87. The summed E-state index contributed by atoms with van der Waals surface area (Å²) in [6.45, 7) is 0. The number of Topliss-reactive ketones (excluding diaryl/α,β-unsaturated/α-hetero) is 1. The lowest BCUT2D eigenvalue weighted by Gasteiger charge is -2.03. The number of aromatic nitrogens is 2. The largest absolute Gasteiger partial charge is 0.497 e. The SMILES string of the molecule is COc1ccc2c(c1)nc(SCC(=O)c1ccc([N+](=O)[O-])cc1)n2C. The highest BCUT2D eigenvalue weighted by Crippen LogP contribution is 2.26. The number of fused-ring (bicyclic) bond motifs is 1. The minimum Gasteiger partial charge on any atom is -0.497 e. The van der Waals surface area contributed by atoms with Gasteiger partial charge in [-0.25, -0.2) is 4.98 Å². The number of carbonyl (C=O) groups is 1. The Morgan fingerprint density at radius 1 is 1.28 bits per heavy atom. The maximum absolute atomic E-state index is 12.3. The highest BCUT2D eigenvalue weighted by atomic mass is 32.2. The summed E-state index contributed by atoms with van der Waals surface area (Å²) in [4.78, 5) is 27.0. The van der Waals surface area contributed by atoms with Crippen molar-refractivity contribution >= 4 is 34.3 Å². The van der Waals surface area contributed by atoms with Crippen molar-refractivity contribution in [3.05, 3.63) is 58.1 Å². The number of aryl methyl sites for hydroxylation is 1. The molecule has 128 valence electrons. The zero-order valence-corrected chi connectivity index (χ0v) is 14.4. The molecule has 25 heavy (non-hydrogen) atoms. The van der Waals surface area contributed by atoms with Gasteiger partial charge in [0.2, 0.25) is 0 Å². The van der Waals surface area contributed by atoms with Crippen LogP contribution in [-0.2, 0) is 7.05 Å². The van der Waals surface area contributed by atoms with Gasteiger partial charge in [-0.3, -0.25) is 14.9 Å². The van der Waals surface area contributed by atoms with Crippen molar-refractivity contribution in [1.82, 2.24) is 9.55 Å². The number of rotatable bonds is 6. The smallest absolute Gasteiger partial charge is 0.269 e. The molecular formula is C17H15N3O4S. The molecular weight excluding hydrogens is 342 g/mol. The van der Waals surface area contributed by atoms with Gasteiger partial charge in [-0.15, -0.1) is 0 Å². The number of nitrogens with zero attached hydrogens (tertiary/aromatic N) is 3. The van der Waals surface area contributed by atoms with E-state index in [9.17, 15) is 14.9 Å². The normalized spacial score (nSPS) is 10.8. The van der Waals surface area contributed by atoms with Gasteiger partial charge < -0.3 is 9.30 Å². The van der Waals surface area contributed by atoms with Gasteiger partial charge in [0.15, 0.2) is 10.9 Å². The van der Waals surface area contributed by atoms with E-state index >= 15 is 0 Å². The average Bonchev–Trinajstić information content (AvgIpc) is 2.94. The lowest BCUT2D eigenvalue weighted by atomic mass is 10.1. The van der Waals surface area contributed by atoms with Crippen molar-refractivity contribution in [3.8, 4) is 5.75 Å². The van der Waals surface area contributed by atoms with E-state index in [-0.39, 0.29) is 17.2 Å². The van der Waals surface area contributed by atoms with Gasteiger partial charge in [-0.1, -0.05) is 11.8 Å². The van der Waals surface area contributed by atoms with E-state index in [1.54, 1.807) is 7.11 Å². The number of carbonyl (C=O) groups excluding carboxylic acids is 1. The summed E-state index contributed by atoms with van der Waals surface area (Å²) in [6, 6.07) is 11.2. The summed E-state index contributed by atoms with van der Waals surface area (Å²) in [6.07, 6.45) is 0. The molecule has 7 nitrogen and oxygen atoms in total. The average molecular weight is 357 g/mol. The maximum Gasteiger partial charge on any atom is 0.269 e. The van der Waals surface area contributed by atoms with E-state index in [1.807, 2.05) is 29.8 Å². The number of imidazole rings is 1. The third-order valence-corrected chi connectivity index (χ3v) is 4.81. The molecule has 1 aromatic heterocycles. The van der Waals surface area contributed by atoms with E-state index in [4.69, 9.17) is 4.74 Å². The summed E-state index contributed by atoms with van der Waals surface area (Å²) >= 11 is 1.33. The first-order valence-corrected chi connectivity index (χ1v) is 8.39. The Balaban J connectivity index is 1.74. The van der Waals surface area contributed by atoms with Gasteiger partial charge >= 0.3 is 0 Å². The van der Waals surface area contributed by atoms with E-state index in [0.717, 1.165) is 21.9 Å². The number of ketones is 1. The van der Waals surface area contributed by atoms with Crippen molar-refractivity contribution in [1.29, 1.82) is 0 Å². The molecule has 0 fully saturated rings. The van der Waals surface area contributed by atoms with Crippen LogP contribution >= 0.6 is 11.8 Å². The van der Waals surface area contributed by atoms with E-state index in [0.29, 0.717) is 5.56 Å². The van der Waals surface area contributed by atoms with Crippen molar-refractivity contribution in [2.24, 2.45) is 7.05 Å². The molecule has 0 aliphatic rings. The minimum atomic E-state index is -0.489. The molecule has 3 aromatic rings. The molecule has 0 saturated carbocycles. The number of benzene rings is 2. The van der Waals surface area contributed by atoms with Crippen LogP contribution in [0, 0.1) is 10.1 Å². The number of nitro benzene ring substituents is 1. The lowest BCUT2D eigenvalue weighted by molar-refractivity contribution is -0.384. The van der Waals surface area contributed by atoms with Gasteiger partial charge in [0, 0.05) is 30.8 Å². The Morgan fingerprint density at radius 2 is 2.00 bits per heavy atom. The van der Waals surface area contributed by atoms with Crippen molar-refractivity contribution < 1.29 is 14.5 Å². The molecule has 0 atom stereocenters. The second-order valence-electron chi connectivity index (χ2n) is 5.32. The van der Waals surface area contributed by atoms with Gasteiger partial charge in [-0.2, -0.15) is 0 Å². The Kier molecular flexibility index (Phi) is 4.71. The van der Waals surface area contributed by atoms with Crippen LogP contribution < -0.4 is 4.74 Å². The molecule has 0 N–H and O–H groups in total. The van der Waals surface area contributed by atoms with Crippen molar-refractivity contribution in [3.63, 3.8) is 0 Å². The summed E-state index contributed by atoms with van der Waals surface area (Å²) in [5.41, 5.74) is 2.16. The summed E-state index contributed by atoms with van der Waals surface area (Å²) in [7, 11) is 3.49. The molecule has 0 aliphatic heterocycles. The number of nitro groups is 1. The standard InChI is InChI=1S/C17H15N3O4S/c1-19-15-8-7-13(24-2)9-14(15)18-17(19)25-10-16(21)11-3-5-12(6-4-11)20(22)23/h3-9H,10H2,1-2H3. The predicted octanol–water partition coefficient (Wildman–Crippen LogP) is 3.47. The first-order valence-electron chi connectivity index (χ1n) is 7.40. The second-order valence-corrected chi connectivity index (χ2v) is 6.27. The van der Waals surface area contributed by atoms with Gasteiger partial charge in [0.1, 0.15) is 5.75 Å². The van der Waals surface area contributed by atoms with Gasteiger partial charge in [0.05, 0.1) is 28.8 Å². The highest BCUT2D eigenvalue weighted by Gasteiger charge is 2.13. The van der Waals surface area contributed by atoms with Crippen LogP contribution in [0.3, 0.4) is 0 Å². The molecule has 0 unspecified atom stereocenters. The molecule has 0 aliphatic carbocycles. The van der Waals surface area contributed by atoms with Gasteiger partial charge in [-0.05, 0) is 24.3 Å². The van der Waals surface area contributed by atoms with Crippen LogP contribution in [0.5, 0.6) is 5.75 Å². The second kappa shape index (κ2) is 6.94. The van der Waals surface area contributed by atoms with Crippen molar-refractivity contribution in [2.45, 2.75) is 5.16 Å². The number of ether oxygens (including phenoxy) is 1. The summed E-state index contributed by atoms with van der Waals surface area (Å²) in [5.74, 6) is 0.820. The minimum absolute atomic E-state index is 0.0338. The van der Waals surface area contributed by atoms with Gasteiger partial charge in [0.25, 0.3) is 5.69 Å². The summed E-state index contributed by atoms with van der Waals surface area (Å²) < 4.78 is 7.11. The van der Waals surface area contributed by atoms with Crippen LogP contribution in [0.25, 0.3) is 11.0 Å². The Morgan fingerprint density at radius 3 is 2.64 bits per heavy atom. The zero-order chi connectivity index (χ0) is 18.0. The van der Waals surface area contributed by atoms with E-state index in [1.165, 1.54) is 36.0 Å². The molecule has 0 radical (unpaired) electrons. The van der Waals surface area contributed by atoms with Crippen LogP contribution in [-0.4, -0.2) is 33.1 Å². The topological polar surface area (TPSA) is 87.3 Å². The van der Waals surface area contributed by atoms with Crippen LogP contribution in [0.15, 0.2) is 47.6 Å². The molecule has 2 aromatic carbocycles. The van der Waals surface area contributed by atoms with Crippen LogP contribution in [0.2, 0.25) is 0 Å². The number of thioether (sulfide) groups is 1. The maximum atomic E-state index is 12.3. The lowest BCUT2D eigenvalue weighted by Crippen LogP contribution is -2.03. The first kappa shape index (κ1) is 17.0. The van der Waals surface area contributed by atoms with E-state index in [2.05, 4.69) is 4.98 Å². The molecule has 8 heteroatoms. The fourth-order valence-electron chi connectivity index (χ4n) is 2.40. The number of non-ortho nitro benzene ring substituents is 1. The zero-order valence-electron chi connectivity index (χ0n) is 13.6. The number of hydrogen-bond donors (Lipinski definition) is 0. The number of methoxy groups -OCH3 is 1.